The fourth-order valence-corrected chi connectivity index (χ4v) is 2.51. The smallest absolute Gasteiger partial charge is 0.280 e. The number of hydrogen-bond donors (Lipinski definition) is 2. The van der Waals surface area contributed by atoms with Gasteiger partial charge in [0.2, 0.25) is 0 Å². The zero-order valence-corrected chi connectivity index (χ0v) is 9.95. The number of piperidine rings is 1. The molecule has 1 fully saturated rings. The highest BCUT2D eigenvalue weighted by Crippen LogP contribution is 2.28. The summed E-state index contributed by atoms with van der Waals surface area (Å²) in [5, 5.41) is 5.90. The van der Waals surface area contributed by atoms with Gasteiger partial charge in [-0.15, -0.1) is 0 Å². The van der Waals surface area contributed by atoms with Gasteiger partial charge >= 0.3 is 0 Å². The summed E-state index contributed by atoms with van der Waals surface area (Å²) in [5.41, 5.74) is -0.131. The molecule has 0 amide bonds. The number of hydrogen-bond acceptors (Lipinski definition) is 3. The van der Waals surface area contributed by atoms with Crippen molar-refractivity contribution in [2.75, 3.05) is 6.54 Å². The standard InChI is InChI=1S/C12H20N2O2/c1-8(2)5-10-6-9(3-4-13-10)11-7-12(15)14-16-11/h7-10,13H,3-6H2,1-2H3,(H,14,15)/t9-,10+/m0/s1. The van der Waals surface area contributed by atoms with Gasteiger partial charge in [-0.1, -0.05) is 13.8 Å². The second-order valence-corrected chi connectivity index (χ2v) is 5.12. The van der Waals surface area contributed by atoms with Crippen LogP contribution in [0.25, 0.3) is 0 Å². The van der Waals surface area contributed by atoms with Crippen molar-refractivity contribution < 1.29 is 4.52 Å². The highest BCUT2D eigenvalue weighted by atomic mass is 16.5. The fraction of sp³-hybridized carbons (Fsp3) is 0.750. The lowest BCUT2D eigenvalue weighted by Gasteiger charge is -2.30. The van der Waals surface area contributed by atoms with Crippen molar-refractivity contribution in [3.05, 3.63) is 22.2 Å². The lowest BCUT2D eigenvalue weighted by atomic mass is 9.87. The number of nitrogens with one attached hydrogen (secondary N) is 2. The third-order valence-corrected chi connectivity index (χ3v) is 3.20. The van der Waals surface area contributed by atoms with Crippen molar-refractivity contribution in [3.8, 4) is 0 Å². The number of rotatable bonds is 3. The quantitative estimate of drug-likeness (QED) is 0.823. The zero-order valence-electron chi connectivity index (χ0n) is 9.95. The van der Waals surface area contributed by atoms with Crippen LogP contribution in [0.15, 0.2) is 15.4 Å². The second kappa shape index (κ2) is 4.87. The maximum Gasteiger partial charge on any atom is 0.280 e. The lowest BCUT2D eigenvalue weighted by Crippen LogP contribution is -2.38. The van der Waals surface area contributed by atoms with Crippen LogP contribution in [0.1, 0.15) is 44.8 Å². The first-order valence-electron chi connectivity index (χ1n) is 6.07. The van der Waals surface area contributed by atoms with E-state index in [0.717, 1.165) is 25.1 Å². The molecule has 1 aliphatic heterocycles. The van der Waals surface area contributed by atoms with Crippen molar-refractivity contribution in [1.29, 1.82) is 0 Å². The molecule has 0 spiro atoms. The van der Waals surface area contributed by atoms with Gasteiger partial charge in [0, 0.05) is 18.0 Å². The van der Waals surface area contributed by atoms with Gasteiger partial charge in [-0.3, -0.25) is 4.79 Å². The van der Waals surface area contributed by atoms with E-state index in [9.17, 15) is 4.79 Å². The Morgan fingerprint density at radius 3 is 3.00 bits per heavy atom. The Morgan fingerprint density at radius 2 is 2.38 bits per heavy atom. The van der Waals surface area contributed by atoms with Crippen molar-refractivity contribution in [2.45, 2.75) is 45.1 Å². The van der Waals surface area contributed by atoms with Gasteiger partial charge in [0.25, 0.3) is 5.56 Å². The third-order valence-electron chi connectivity index (χ3n) is 3.20. The molecule has 2 rings (SSSR count). The molecule has 1 aromatic rings. The minimum absolute atomic E-state index is 0.131. The Balaban J connectivity index is 1.99. The Kier molecular flexibility index (Phi) is 3.49. The Bertz CT molecular complexity index is 380. The second-order valence-electron chi connectivity index (χ2n) is 5.12. The summed E-state index contributed by atoms with van der Waals surface area (Å²) in [6, 6.07) is 2.14. The summed E-state index contributed by atoms with van der Waals surface area (Å²) >= 11 is 0. The maximum atomic E-state index is 11.0. The SMILES string of the molecule is CC(C)C[C@@H]1C[C@@H](c2cc(=O)[nH]o2)CCN1. The molecule has 0 radical (unpaired) electrons. The van der Waals surface area contributed by atoms with Crippen LogP contribution in [-0.2, 0) is 0 Å². The average molecular weight is 224 g/mol. The van der Waals surface area contributed by atoms with Gasteiger partial charge in [0.1, 0.15) is 5.76 Å². The highest BCUT2D eigenvalue weighted by Gasteiger charge is 2.25. The van der Waals surface area contributed by atoms with E-state index in [1.807, 2.05) is 0 Å². The van der Waals surface area contributed by atoms with Crippen LogP contribution >= 0.6 is 0 Å². The summed E-state index contributed by atoms with van der Waals surface area (Å²) in [6.45, 7) is 5.49. The number of aromatic nitrogens is 1. The van der Waals surface area contributed by atoms with Gasteiger partial charge in [0.15, 0.2) is 0 Å². The van der Waals surface area contributed by atoms with E-state index in [4.69, 9.17) is 4.52 Å². The van der Waals surface area contributed by atoms with Crippen LogP contribution < -0.4 is 10.9 Å². The molecule has 2 atom stereocenters. The van der Waals surface area contributed by atoms with Crippen LogP contribution in [-0.4, -0.2) is 17.7 Å². The molecule has 90 valence electrons. The van der Waals surface area contributed by atoms with Crippen molar-refractivity contribution in [1.82, 2.24) is 10.5 Å². The monoisotopic (exact) mass is 224 g/mol. The summed E-state index contributed by atoms with van der Waals surface area (Å²) < 4.78 is 5.19. The molecule has 0 aromatic carbocycles. The Morgan fingerprint density at radius 1 is 1.56 bits per heavy atom. The Labute approximate surface area is 95.4 Å². The first-order chi connectivity index (χ1) is 7.65. The highest BCUT2D eigenvalue weighted by molar-refractivity contribution is 5.04. The molecule has 0 saturated carbocycles. The topological polar surface area (TPSA) is 58.0 Å². The van der Waals surface area contributed by atoms with Gasteiger partial charge in [-0.2, -0.15) is 5.16 Å². The molecular formula is C12H20N2O2. The first-order valence-corrected chi connectivity index (χ1v) is 6.07. The fourth-order valence-electron chi connectivity index (χ4n) is 2.51. The van der Waals surface area contributed by atoms with Crippen molar-refractivity contribution >= 4 is 0 Å². The summed E-state index contributed by atoms with van der Waals surface area (Å²) in [6.07, 6.45) is 3.31. The van der Waals surface area contributed by atoms with Gasteiger partial charge in [-0.05, 0) is 31.7 Å². The van der Waals surface area contributed by atoms with E-state index in [1.165, 1.54) is 6.42 Å². The van der Waals surface area contributed by atoms with Gasteiger partial charge in [-0.25, -0.2) is 0 Å². The molecule has 4 nitrogen and oxygen atoms in total. The number of aromatic amines is 1. The van der Waals surface area contributed by atoms with E-state index in [0.29, 0.717) is 17.9 Å². The Hall–Kier alpha value is -1.03. The zero-order chi connectivity index (χ0) is 11.5. The molecule has 1 saturated heterocycles. The maximum absolute atomic E-state index is 11.0. The molecule has 2 N–H and O–H groups in total. The predicted octanol–water partition coefficient (Wildman–Crippen LogP) is 1.85. The van der Waals surface area contributed by atoms with E-state index in [1.54, 1.807) is 6.07 Å². The molecule has 16 heavy (non-hydrogen) atoms. The van der Waals surface area contributed by atoms with Crippen LogP contribution in [0.5, 0.6) is 0 Å². The van der Waals surface area contributed by atoms with Crippen LogP contribution in [0, 0.1) is 5.92 Å². The van der Waals surface area contributed by atoms with E-state index in [2.05, 4.69) is 24.3 Å². The number of H-pyrrole nitrogens is 1. The van der Waals surface area contributed by atoms with Crippen LogP contribution in [0.2, 0.25) is 0 Å². The van der Waals surface area contributed by atoms with Gasteiger partial charge in [0.05, 0.1) is 0 Å². The van der Waals surface area contributed by atoms with E-state index < -0.39 is 0 Å². The molecule has 2 heterocycles. The molecule has 0 bridgehead atoms. The summed E-state index contributed by atoms with van der Waals surface area (Å²) in [7, 11) is 0. The van der Waals surface area contributed by atoms with Crippen LogP contribution in [0.3, 0.4) is 0 Å². The molecule has 0 aliphatic carbocycles. The van der Waals surface area contributed by atoms with Gasteiger partial charge < -0.3 is 9.84 Å². The molecule has 0 unspecified atom stereocenters. The third kappa shape index (κ3) is 2.76. The molecular weight excluding hydrogens is 204 g/mol. The van der Waals surface area contributed by atoms with Crippen molar-refractivity contribution in [3.63, 3.8) is 0 Å². The first kappa shape index (κ1) is 11.5. The molecule has 1 aromatic heterocycles. The lowest BCUT2D eigenvalue weighted by molar-refractivity contribution is 0.274. The average Bonchev–Trinajstić information content (AvgIpc) is 2.64. The minimum Gasteiger partial charge on any atom is -0.383 e. The summed E-state index contributed by atoms with van der Waals surface area (Å²) in [5.74, 6) is 1.92. The summed E-state index contributed by atoms with van der Waals surface area (Å²) in [4.78, 5) is 11.0. The largest absolute Gasteiger partial charge is 0.383 e. The minimum atomic E-state index is -0.131. The normalized spacial score (nSPS) is 26.2. The predicted molar refractivity (Wildman–Crippen MR) is 62.5 cm³/mol. The van der Waals surface area contributed by atoms with E-state index in [-0.39, 0.29) is 5.56 Å². The van der Waals surface area contributed by atoms with Crippen molar-refractivity contribution in [2.24, 2.45) is 5.92 Å². The molecule has 1 aliphatic rings. The van der Waals surface area contributed by atoms with Crippen LogP contribution in [0.4, 0.5) is 0 Å². The molecule has 4 heteroatoms. The van der Waals surface area contributed by atoms with E-state index >= 15 is 0 Å².